The Morgan fingerprint density at radius 3 is 2.62 bits per heavy atom. The van der Waals surface area contributed by atoms with Crippen LogP contribution in [0.25, 0.3) is 0 Å². The van der Waals surface area contributed by atoms with Crippen molar-refractivity contribution < 1.29 is 8.42 Å². The number of aryl methyl sites for hydroxylation is 3. The maximum atomic E-state index is 12.8. The minimum Gasteiger partial charge on any atom is -0.337 e. The molecule has 0 aromatic carbocycles. The van der Waals surface area contributed by atoms with E-state index in [4.69, 9.17) is 0 Å². The minimum absolute atomic E-state index is 0.0574. The fraction of sp³-hybridized carbons (Fsp3) is 0.611. The van der Waals surface area contributed by atoms with Gasteiger partial charge in [-0.25, -0.2) is 18.1 Å². The van der Waals surface area contributed by atoms with Crippen molar-refractivity contribution in [2.24, 2.45) is 7.05 Å². The highest BCUT2D eigenvalue weighted by Crippen LogP contribution is 2.21. The van der Waals surface area contributed by atoms with Crippen LogP contribution in [0.5, 0.6) is 0 Å². The molecule has 0 spiro atoms. The molecule has 0 unspecified atom stereocenters. The number of imidazole rings is 1. The summed E-state index contributed by atoms with van der Waals surface area (Å²) in [6, 6.07) is 1.72. The van der Waals surface area contributed by atoms with Gasteiger partial charge in [-0.15, -0.1) is 0 Å². The summed E-state index contributed by atoms with van der Waals surface area (Å²) in [5, 5.41) is 4.65. The summed E-state index contributed by atoms with van der Waals surface area (Å²) in [6.07, 6.45) is 2.47. The van der Waals surface area contributed by atoms with E-state index in [0.717, 1.165) is 29.2 Å². The summed E-state index contributed by atoms with van der Waals surface area (Å²) in [5.74, 6) is 2.58. The first-order valence-corrected chi connectivity index (χ1v) is 12.3. The molecular weight excluding hydrogens is 412 g/mol. The highest BCUT2D eigenvalue weighted by atomic mass is 32.2. The second-order valence-electron chi connectivity index (χ2n) is 7.46. The lowest BCUT2D eigenvalue weighted by Crippen LogP contribution is -2.49. The minimum atomic E-state index is -3.57. The summed E-state index contributed by atoms with van der Waals surface area (Å²) in [7, 11) is -1.78. The van der Waals surface area contributed by atoms with Crippen LogP contribution in [0.15, 0.2) is 22.1 Å². The number of aromatic nitrogens is 4. The highest BCUT2D eigenvalue weighted by Gasteiger charge is 2.30. The number of hydrogen-bond acceptors (Lipinski definition) is 7. The van der Waals surface area contributed by atoms with Gasteiger partial charge in [0.1, 0.15) is 5.82 Å². The molecule has 0 radical (unpaired) electrons. The van der Waals surface area contributed by atoms with Crippen LogP contribution in [0.2, 0.25) is 0 Å². The third kappa shape index (κ3) is 4.27. The zero-order chi connectivity index (χ0) is 20.6. The predicted octanol–water partition coefficient (Wildman–Crippen LogP) is 0.0810. The Hall–Kier alpha value is -1.69. The van der Waals surface area contributed by atoms with Crippen molar-refractivity contribution in [1.82, 2.24) is 28.5 Å². The van der Waals surface area contributed by atoms with E-state index in [1.165, 1.54) is 4.31 Å². The fourth-order valence-corrected chi connectivity index (χ4v) is 6.02. The average molecular weight is 439 g/mol. The molecule has 0 amide bonds. The van der Waals surface area contributed by atoms with Crippen LogP contribution in [-0.2, 0) is 35.8 Å². The van der Waals surface area contributed by atoms with Gasteiger partial charge in [-0.2, -0.15) is 21.2 Å². The van der Waals surface area contributed by atoms with E-state index in [2.05, 4.69) is 15.0 Å². The lowest BCUT2D eigenvalue weighted by molar-refractivity contribution is 0.179. The van der Waals surface area contributed by atoms with Crippen LogP contribution in [0, 0.1) is 6.92 Å². The zero-order valence-electron chi connectivity index (χ0n) is 16.7. The Morgan fingerprint density at radius 2 is 1.93 bits per heavy atom. The molecule has 9 nitrogen and oxygen atoms in total. The van der Waals surface area contributed by atoms with Crippen molar-refractivity contribution in [3.05, 3.63) is 39.7 Å². The number of sulfonamides is 1. The number of piperazine rings is 1. The number of fused-ring (bicyclic) bond motifs is 1. The smallest absolute Gasteiger partial charge is 0.267 e. The SMILES string of the molecule is Cc1nc(S(=O)(=O)N2CCN(CCn3nc4c(cc3=O)CSCC4)CC2)cn1C. The Bertz CT molecular complexity index is 1030. The topological polar surface area (TPSA) is 93.3 Å². The van der Waals surface area contributed by atoms with E-state index in [1.807, 2.05) is 11.8 Å². The molecule has 0 bridgehead atoms. The van der Waals surface area contributed by atoms with Crippen LogP contribution in [0.3, 0.4) is 0 Å². The number of nitrogens with zero attached hydrogens (tertiary/aromatic N) is 6. The van der Waals surface area contributed by atoms with Crippen LogP contribution in [-0.4, -0.2) is 75.4 Å². The van der Waals surface area contributed by atoms with Gasteiger partial charge in [0.2, 0.25) is 0 Å². The van der Waals surface area contributed by atoms with Crippen molar-refractivity contribution >= 4 is 21.8 Å². The van der Waals surface area contributed by atoms with Gasteiger partial charge < -0.3 is 4.57 Å². The van der Waals surface area contributed by atoms with Crippen LogP contribution >= 0.6 is 11.8 Å². The molecule has 1 saturated heterocycles. The van der Waals surface area contributed by atoms with Gasteiger partial charge in [-0.3, -0.25) is 9.69 Å². The van der Waals surface area contributed by atoms with Crippen molar-refractivity contribution in [1.29, 1.82) is 0 Å². The first-order chi connectivity index (χ1) is 13.8. The molecule has 1 fully saturated rings. The Balaban J connectivity index is 1.35. The molecule has 4 rings (SSSR count). The quantitative estimate of drug-likeness (QED) is 0.653. The first-order valence-electron chi connectivity index (χ1n) is 9.75. The molecule has 2 aromatic rings. The van der Waals surface area contributed by atoms with Crippen LogP contribution in [0.4, 0.5) is 0 Å². The molecule has 11 heteroatoms. The van der Waals surface area contributed by atoms with Gasteiger partial charge in [0.25, 0.3) is 15.6 Å². The Kier molecular flexibility index (Phi) is 5.83. The van der Waals surface area contributed by atoms with Gasteiger partial charge in [-0.05, 0) is 18.2 Å². The largest absolute Gasteiger partial charge is 0.337 e. The summed E-state index contributed by atoms with van der Waals surface area (Å²) in [6.45, 7) is 5.07. The zero-order valence-corrected chi connectivity index (χ0v) is 18.4. The maximum Gasteiger partial charge on any atom is 0.267 e. The summed E-state index contributed by atoms with van der Waals surface area (Å²) >= 11 is 1.83. The van der Waals surface area contributed by atoms with Gasteiger partial charge in [0, 0.05) is 64.2 Å². The van der Waals surface area contributed by atoms with E-state index in [-0.39, 0.29) is 10.6 Å². The van der Waals surface area contributed by atoms with Gasteiger partial charge >= 0.3 is 0 Å². The van der Waals surface area contributed by atoms with E-state index >= 15 is 0 Å². The van der Waals surface area contributed by atoms with Gasteiger partial charge in [0.05, 0.1) is 12.2 Å². The van der Waals surface area contributed by atoms with Crippen molar-refractivity contribution in [2.75, 3.05) is 38.5 Å². The molecule has 2 aliphatic heterocycles. The fourth-order valence-electron chi connectivity index (χ4n) is 3.63. The Morgan fingerprint density at radius 1 is 1.17 bits per heavy atom. The van der Waals surface area contributed by atoms with Crippen molar-refractivity contribution in [3.8, 4) is 0 Å². The average Bonchev–Trinajstić information content (AvgIpc) is 3.06. The van der Waals surface area contributed by atoms with Crippen molar-refractivity contribution in [3.63, 3.8) is 0 Å². The van der Waals surface area contributed by atoms with Gasteiger partial charge in [-0.1, -0.05) is 0 Å². The maximum absolute atomic E-state index is 12.8. The number of rotatable bonds is 5. The second-order valence-corrected chi connectivity index (χ2v) is 10.5. The Labute approximate surface area is 174 Å². The molecule has 2 aliphatic rings. The summed E-state index contributed by atoms with van der Waals surface area (Å²) in [4.78, 5) is 18.7. The summed E-state index contributed by atoms with van der Waals surface area (Å²) in [5.41, 5.74) is 2.04. The van der Waals surface area contributed by atoms with E-state index in [1.54, 1.807) is 35.5 Å². The summed E-state index contributed by atoms with van der Waals surface area (Å²) < 4.78 is 30.3. The third-order valence-corrected chi connectivity index (χ3v) is 8.33. The van der Waals surface area contributed by atoms with E-state index in [9.17, 15) is 13.2 Å². The molecule has 0 N–H and O–H groups in total. The second kappa shape index (κ2) is 8.21. The molecule has 0 atom stereocenters. The molecule has 29 heavy (non-hydrogen) atoms. The normalized spacial score (nSPS) is 18.7. The van der Waals surface area contributed by atoms with Crippen molar-refractivity contribution in [2.45, 2.75) is 30.7 Å². The monoisotopic (exact) mass is 438 g/mol. The van der Waals surface area contributed by atoms with Gasteiger partial charge in [0.15, 0.2) is 5.03 Å². The van der Waals surface area contributed by atoms with Crippen LogP contribution in [0.1, 0.15) is 17.1 Å². The molecule has 0 saturated carbocycles. The highest BCUT2D eigenvalue weighted by molar-refractivity contribution is 7.98. The third-order valence-electron chi connectivity index (χ3n) is 5.55. The van der Waals surface area contributed by atoms with E-state index in [0.29, 0.717) is 45.1 Å². The molecule has 2 aromatic heterocycles. The molecule has 0 aliphatic carbocycles. The predicted molar refractivity (Wildman–Crippen MR) is 112 cm³/mol. The first kappa shape index (κ1) is 20.6. The van der Waals surface area contributed by atoms with Crippen LogP contribution < -0.4 is 5.56 Å². The van der Waals surface area contributed by atoms with E-state index < -0.39 is 10.0 Å². The molecule has 4 heterocycles. The standard InChI is InChI=1S/C18H26N6O3S2/c1-14-19-17(12-21(14)2)29(26,27)23-7-4-22(5-8-23)6-9-24-18(25)11-15-13-28-10-3-16(15)20-24/h11-12H,3-10,13H2,1-2H3. The number of thioether (sulfide) groups is 1. The lowest BCUT2D eigenvalue weighted by atomic mass is 10.2. The molecule has 158 valence electrons. The lowest BCUT2D eigenvalue weighted by Gasteiger charge is -2.33. The molecular formula is C18H26N6O3S2. The number of hydrogen-bond donors (Lipinski definition) is 0.